The maximum atomic E-state index is 13.6. The Morgan fingerprint density at radius 1 is 1.50 bits per heavy atom. The maximum absolute atomic E-state index is 13.6. The maximum Gasteiger partial charge on any atom is 0.285 e. The molecule has 0 radical (unpaired) electrons. The van der Waals surface area contributed by atoms with E-state index in [9.17, 15) is 9.18 Å². The van der Waals surface area contributed by atoms with E-state index in [0.717, 1.165) is 5.56 Å². The molecule has 1 N–H and O–H groups in total. The summed E-state index contributed by atoms with van der Waals surface area (Å²) >= 11 is 5.91. The summed E-state index contributed by atoms with van der Waals surface area (Å²) in [5.41, 5.74) is 0.741. The van der Waals surface area contributed by atoms with Crippen molar-refractivity contribution in [2.24, 2.45) is 0 Å². The molecule has 0 amide bonds. The van der Waals surface area contributed by atoms with Crippen LogP contribution in [-0.4, -0.2) is 24.4 Å². The van der Waals surface area contributed by atoms with Crippen LogP contribution in [0.2, 0.25) is 5.02 Å². The van der Waals surface area contributed by atoms with Gasteiger partial charge in [0.1, 0.15) is 5.02 Å². The van der Waals surface area contributed by atoms with E-state index in [2.05, 4.69) is 10.2 Å². The minimum Gasteiger partial charge on any atom is -0.494 e. The Morgan fingerprint density at radius 2 is 2.25 bits per heavy atom. The zero-order chi connectivity index (χ0) is 14.7. The number of methoxy groups -OCH3 is 1. The smallest absolute Gasteiger partial charge is 0.285 e. The summed E-state index contributed by atoms with van der Waals surface area (Å²) in [4.78, 5) is 13.1. The van der Waals surface area contributed by atoms with E-state index in [4.69, 9.17) is 16.3 Å². The zero-order valence-corrected chi connectivity index (χ0v) is 11.7. The largest absolute Gasteiger partial charge is 0.494 e. The fourth-order valence-corrected chi connectivity index (χ4v) is 2.04. The lowest BCUT2D eigenvalue weighted by Gasteiger charge is -2.19. The summed E-state index contributed by atoms with van der Waals surface area (Å²) in [6.07, 6.45) is 1.45. The monoisotopic (exact) mass is 297 g/mol. The predicted molar refractivity (Wildman–Crippen MR) is 74.9 cm³/mol. The van der Waals surface area contributed by atoms with Gasteiger partial charge in [0.05, 0.1) is 19.0 Å². The molecule has 0 saturated heterocycles. The zero-order valence-electron chi connectivity index (χ0n) is 11.0. The van der Waals surface area contributed by atoms with Crippen LogP contribution in [0.1, 0.15) is 5.56 Å². The van der Waals surface area contributed by atoms with Gasteiger partial charge < -0.3 is 9.64 Å². The third-order valence-electron chi connectivity index (χ3n) is 2.82. The molecule has 1 aromatic heterocycles. The van der Waals surface area contributed by atoms with Crippen LogP contribution in [0.5, 0.6) is 5.75 Å². The van der Waals surface area contributed by atoms with Crippen LogP contribution in [0.25, 0.3) is 0 Å². The van der Waals surface area contributed by atoms with Gasteiger partial charge in [-0.25, -0.2) is 9.49 Å². The lowest BCUT2D eigenvalue weighted by atomic mass is 10.2. The Morgan fingerprint density at radius 3 is 2.90 bits per heavy atom. The molecule has 0 atom stereocenters. The quantitative estimate of drug-likeness (QED) is 0.940. The van der Waals surface area contributed by atoms with Crippen molar-refractivity contribution in [1.29, 1.82) is 0 Å². The molecule has 5 nitrogen and oxygen atoms in total. The van der Waals surface area contributed by atoms with Gasteiger partial charge in [-0.05, 0) is 17.7 Å². The Hall–Kier alpha value is -2.08. The standard InChI is InChI=1S/C13H13ClFN3O2/c1-18(10-6-16-17-13(19)12(10)14)7-8-3-4-11(20-2)9(15)5-8/h3-6H,7H2,1-2H3,(H,17,19). The summed E-state index contributed by atoms with van der Waals surface area (Å²) in [5.74, 6) is -0.249. The van der Waals surface area contributed by atoms with Crippen molar-refractivity contribution in [3.63, 3.8) is 0 Å². The topological polar surface area (TPSA) is 58.2 Å². The van der Waals surface area contributed by atoms with Gasteiger partial charge in [-0.3, -0.25) is 4.79 Å². The van der Waals surface area contributed by atoms with Crippen molar-refractivity contribution < 1.29 is 9.13 Å². The van der Waals surface area contributed by atoms with E-state index in [1.54, 1.807) is 24.1 Å². The van der Waals surface area contributed by atoms with Crippen molar-refractivity contribution in [3.05, 3.63) is 51.2 Å². The van der Waals surface area contributed by atoms with Crippen LogP contribution in [0.15, 0.2) is 29.2 Å². The lowest BCUT2D eigenvalue weighted by molar-refractivity contribution is 0.386. The van der Waals surface area contributed by atoms with Gasteiger partial charge in [0.15, 0.2) is 11.6 Å². The van der Waals surface area contributed by atoms with E-state index < -0.39 is 11.4 Å². The van der Waals surface area contributed by atoms with Gasteiger partial charge in [-0.2, -0.15) is 5.10 Å². The molecule has 20 heavy (non-hydrogen) atoms. The van der Waals surface area contributed by atoms with Gasteiger partial charge >= 0.3 is 0 Å². The van der Waals surface area contributed by atoms with Crippen LogP contribution >= 0.6 is 11.6 Å². The number of ether oxygens (including phenoxy) is 1. The second-order valence-electron chi connectivity index (χ2n) is 4.22. The van der Waals surface area contributed by atoms with E-state index >= 15 is 0 Å². The minimum absolute atomic E-state index is 0.0523. The molecular formula is C13H13ClFN3O2. The molecule has 0 unspecified atom stereocenters. The molecule has 0 aliphatic rings. The highest BCUT2D eigenvalue weighted by atomic mass is 35.5. The Bertz CT molecular complexity index is 675. The fourth-order valence-electron chi connectivity index (χ4n) is 1.81. The average Bonchev–Trinajstić information content (AvgIpc) is 2.42. The molecule has 1 heterocycles. The molecule has 0 aliphatic carbocycles. The van der Waals surface area contributed by atoms with Crippen molar-refractivity contribution >= 4 is 17.3 Å². The van der Waals surface area contributed by atoms with Crippen molar-refractivity contribution in [2.75, 3.05) is 19.1 Å². The number of rotatable bonds is 4. The Kier molecular flexibility index (Phi) is 4.24. The molecule has 0 saturated carbocycles. The van der Waals surface area contributed by atoms with Gasteiger partial charge in [-0.1, -0.05) is 17.7 Å². The number of hydrogen-bond acceptors (Lipinski definition) is 4. The first-order valence-corrected chi connectivity index (χ1v) is 6.17. The second-order valence-corrected chi connectivity index (χ2v) is 4.60. The molecule has 0 fully saturated rings. The van der Waals surface area contributed by atoms with Gasteiger partial charge in [0.25, 0.3) is 5.56 Å². The van der Waals surface area contributed by atoms with Gasteiger partial charge in [0.2, 0.25) is 0 Å². The highest BCUT2D eigenvalue weighted by Crippen LogP contribution is 2.23. The van der Waals surface area contributed by atoms with Crippen LogP contribution in [0.3, 0.4) is 0 Å². The number of anilines is 1. The number of aromatic amines is 1. The van der Waals surface area contributed by atoms with E-state index in [1.165, 1.54) is 19.4 Å². The summed E-state index contributed by atoms with van der Waals surface area (Å²) < 4.78 is 18.5. The third kappa shape index (κ3) is 2.91. The third-order valence-corrected chi connectivity index (χ3v) is 3.19. The van der Waals surface area contributed by atoms with Crippen LogP contribution in [0, 0.1) is 5.82 Å². The normalized spacial score (nSPS) is 10.4. The number of nitrogens with zero attached hydrogens (tertiary/aromatic N) is 2. The number of nitrogens with one attached hydrogen (secondary N) is 1. The first-order valence-electron chi connectivity index (χ1n) is 5.79. The Labute approximate surface area is 119 Å². The lowest BCUT2D eigenvalue weighted by Crippen LogP contribution is -2.21. The number of aromatic nitrogens is 2. The second kappa shape index (κ2) is 5.92. The van der Waals surface area contributed by atoms with E-state index in [0.29, 0.717) is 12.2 Å². The summed E-state index contributed by atoms with van der Waals surface area (Å²) in [6, 6.07) is 4.67. The minimum atomic E-state index is -0.461. The molecule has 2 aromatic rings. The Balaban J connectivity index is 2.23. The highest BCUT2D eigenvalue weighted by Gasteiger charge is 2.11. The molecule has 106 valence electrons. The molecular weight excluding hydrogens is 285 g/mol. The molecule has 7 heteroatoms. The number of H-pyrrole nitrogens is 1. The van der Waals surface area contributed by atoms with E-state index in [1.807, 2.05) is 0 Å². The van der Waals surface area contributed by atoms with Crippen LogP contribution in [-0.2, 0) is 6.54 Å². The molecule has 0 aliphatic heterocycles. The van der Waals surface area contributed by atoms with Crippen molar-refractivity contribution in [1.82, 2.24) is 10.2 Å². The van der Waals surface area contributed by atoms with Crippen molar-refractivity contribution in [2.45, 2.75) is 6.54 Å². The molecule has 2 rings (SSSR count). The van der Waals surface area contributed by atoms with Gasteiger partial charge in [-0.15, -0.1) is 0 Å². The molecule has 0 bridgehead atoms. The number of halogens is 2. The molecule has 1 aromatic carbocycles. The van der Waals surface area contributed by atoms with Crippen LogP contribution in [0.4, 0.5) is 10.1 Å². The highest BCUT2D eigenvalue weighted by molar-refractivity contribution is 6.32. The SMILES string of the molecule is COc1ccc(CN(C)c2cn[nH]c(=O)c2Cl)cc1F. The number of hydrogen-bond donors (Lipinski definition) is 1. The summed E-state index contributed by atoms with van der Waals surface area (Å²) in [6.45, 7) is 0.381. The number of benzene rings is 1. The molecule has 0 spiro atoms. The average molecular weight is 298 g/mol. The van der Waals surface area contributed by atoms with Crippen LogP contribution < -0.4 is 15.2 Å². The van der Waals surface area contributed by atoms with Gasteiger partial charge in [0, 0.05) is 13.6 Å². The first-order chi connectivity index (χ1) is 9.52. The first kappa shape index (κ1) is 14.3. The summed E-state index contributed by atoms with van der Waals surface area (Å²) in [7, 11) is 3.15. The fraction of sp³-hybridized carbons (Fsp3) is 0.231. The van der Waals surface area contributed by atoms with E-state index in [-0.39, 0.29) is 10.8 Å². The summed E-state index contributed by atoms with van der Waals surface area (Å²) in [5, 5.41) is 5.99. The van der Waals surface area contributed by atoms with Crippen molar-refractivity contribution in [3.8, 4) is 5.75 Å². The predicted octanol–water partition coefficient (Wildman–Crippen LogP) is 2.21.